The van der Waals surface area contributed by atoms with Crippen molar-refractivity contribution < 1.29 is 0 Å². The van der Waals surface area contributed by atoms with Crippen LogP contribution in [0.15, 0.2) is 0 Å². The summed E-state index contributed by atoms with van der Waals surface area (Å²) in [6.45, 7) is 2.29. The molecule has 0 nitrogen and oxygen atoms in total. The molecule has 0 N–H and O–H groups in total. The lowest BCUT2D eigenvalue weighted by Gasteiger charge is -2.03. The highest BCUT2D eigenvalue weighted by atomic mass is 35.5. The SMILES string of the molecule is CCCCCCCCCCCCCCCCCCC(=S)Cl. The average Bonchev–Trinajstić information content (AvgIpc) is 2.46. The number of unbranched alkanes of at least 4 members (excludes halogenated alkanes) is 15. The van der Waals surface area contributed by atoms with Crippen molar-refractivity contribution in [1.82, 2.24) is 0 Å². The van der Waals surface area contributed by atoms with Crippen LogP contribution in [-0.4, -0.2) is 4.32 Å². The van der Waals surface area contributed by atoms with Gasteiger partial charge in [-0.15, -0.1) is 0 Å². The van der Waals surface area contributed by atoms with Gasteiger partial charge in [0.15, 0.2) is 0 Å². The zero-order valence-electron chi connectivity index (χ0n) is 14.3. The van der Waals surface area contributed by atoms with E-state index >= 15 is 0 Å². The molecule has 0 unspecified atom stereocenters. The van der Waals surface area contributed by atoms with E-state index in [1.165, 1.54) is 103 Å². The van der Waals surface area contributed by atoms with Crippen molar-refractivity contribution in [2.24, 2.45) is 0 Å². The third-order valence-corrected chi connectivity index (χ3v) is 4.62. The molecule has 126 valence electrons. The first-order valence-electron chi connectivity index (χ1n) is 9.45. The lowest BCUT2D eigenvalue weighted by Crippen LogP contribution is -1.85. The molecule has 0 saturated carbocycles. The molecule has 0 bridgehead atoms. The Balaban J connectivity index is 2.95. The van der Waals surface area contributed by atoms with Crippen LogP contribution in [0.1, 0.15) is 116 Å². The summed E-state index contributed by atoms with van der Waals surface area (Å²) in [6.07, 6.45) is 23.5. The Labute approximate surface area is 144 Å². The lowest BCUT2D eigenvalue weighted by molar-refractivity contribution is 0.530. The lowest BCUT2D eigenvalue weighted by atomic mass is 10.0. The molecular formula is C19H37ClS. The molecular weight excluding hydrogens is 296 g/mol. The Morgan fingerprint density at radius 3 is 1.14 bits per heavy atom. The molecule has 0 heterocycles. The maximum absolute atomic E-state index is 5.67. The Bertz CT molecular complexity index is 216. The minimum Gasteiger partial charge on any atom is -0.0765 e. The standard InChI is InChI=1S/C19H37ClS/c1-2-3-4-5-6-7-8-9-10-11-12-13-14-15-16-17-18-19(20)21/h2-18H2,1H3. The van der Waals surface area contributed by atoms with Crippen LogP contribution in [0.2, 0.25) is 0 Å². The maximum atomic E-state index is 5.67. The zero-order chi connectivity index (χ0) is 15.6. The van der Waals surface area contributed by atoms with Crippen LogP contribution in [0, 0.1) is 0 Å². The van der Waals surface area contributed by atoms with Gasteiger partial charge in [-0.05, 0) is 12.8 Å². The second-order valence-electron chi connectivity index (χ2n) is 6.41. The van der Waals surface area contributed by atoms with Crippen molar-refractivity contribution in [1.29, 1.82) is 0 Å². The van der Waals surface area contributed by atoms with Gasteiger partial charge in [-0.3, -0.25) is 0 Å². The minimum absolute atomic E-state index is 0.653. The van der Waals surface area contributed by atoms with Gasteiger partial charge in [0.1, 0.15) is 0 Å². The summed E-state index contributed by atoms with van der Waals surface area (Å²) < 4.78 is 0.653. The largest absolute Gasteiger partial charge is 0.0808 e. The van der Waals surface area contributed by atoms with E-state index in [2.05, 4.69) is 6.92 Å². The van der Waals surface area contributed by atoms with Gasteiger partial charge in [-0.25, -0.2) is 0 Å². The van der Waals surface area contributed by atoms with Crippen molar-refractivity contribution >= 4 is 28.1 Å². The fourth-order valence-corrected chi connectivity index (χ4v) is 3.09. The zero-order valence-corrected chi connectivity index (χ0v) is 15.9. The van der Waals surface area contributed by atoms with Gasteiger partial charge in [-0.2, -0.15) is 0 Å². The molecule has 21 heavy (non-hydrogen) atoms. The summed E-state index contributed by atoms with van der Waals surface area (Å²) in [6, 6.07) is 0. The number of hydrogen-bond acceptors (Lipinski definition) is 1. The van der Waals surface area contributed by atoms with Crippen LogP contribution in [0.3, 0.4) is 0 Å². The van der Waals surface area contributed by atoms with Gasteiger partial charge in [0.25, 0.3) is 0 Å². The Kier molecular flexibility index (Phi) is 18.8. The molecule has 0 rings (SSSR count). The van der Waals surface area contributed by atoms with E-state index < -0.39 is 0 Å². The van der Waals surface area contributed by atoms with Crippen LogP contribution in [-0.2, 0) is 0 Å². The highest BCUT2D eigenvalue weighted by molar-refractivity contribution is 7.83. The minimum atomic E-state index is 0.653. The van der Waals surface area contributed by atoms with Crippen molar-refractivity contribution in [3.8, 4) is 0 Å². The highest BCUT2D eigenvalue weighted by Crippen LogP contribution is 2.14. The van der Waals surface area contributed by atoms with Crippen LogP contribution in [0.4, 0.5) is 0 Å². The molecule has 0 aromatic carbocycles. The summed E-state index contributed by atoms with van der Waals surface area (Å²) in [7, 11) is 0. The van der Waals surface area contributed by atoms with E-state index in [9.17, 15) is 0 Å². The Morgan fingerprint density at radius 2 is 0.857 bits per heavy atom. The summed E-state index contributed by atoms with van der Waals surface area (Å²) in [4.78, 5) is 0. The maximum Gasteiger partial charge on any atom is 0.0808 e. The molecule has 0 fully saturated rings. The van der Waals surface area contributed by atoms with Gasteiger partial charge in [0.2, 0.25) is 0 Å². The molecule has 0 aliphatic carbocycles. The molecule has 0 aromatic heterocycles. The Hall–Kier alpha value is 0.380. The number of rotatable bonds is 17. The second-order valence-corrected chi connectivity index (χ2v) is 7.58. The quantitative estimate of drug-likeness (QED) is 0.147. The first kappa shape index (κ1) is 21.4. The summed E-state index contributed by atoms with van der Waals surface area (Å²) in [5, 5.41) is 0. The summed E-state index contributed by atoms with van der Waals surface area (Å²) in [5.41, 5.74) is 0. The van der Waals surface area contributed by atoms with Crippen LogP contribution >= 0.6 is 23.8 Å². The van der Waals surface area contributed by atoms with Crippen LogP contribution in [0.5, 0.6) is 0 Å². The van der Waals surface area contributed by atoms with E-state index in [4.69, 9.17) is 23.8 Å². The predicted molar refractivity (Wildman–Crippen MR) is 103 cm³/mol. The van der Waals surface area contributed by atoms with Crippen molar-refractivity contribution in [2.75, 3.05) is 0 Å². The summed E-state index contributed by atoms with van der Waals surface area (Å²) in [5.74, 6) is 0. The van der Waals surface area contributed by atoms with Gasteiger partial charge in [0, 0.05) is 0 Å². The molecule has 0 atom stereocenters. The highest BCUT2D eigenvalue weighted by Gasteiger charge is 1.95. The third-order valence-electron chi connectivity index (χ3n) is 4.23. The van der Waals surface area contributed by atoms with E-state index in [-0.39, 0.29) is 0 Å². The third kappa shape index (κ3) is 20.4. The van der Waals surface area contributed by atoms with Crippen molar-refractivity contribution in [2.45, 2.75) is 116 Å². The fourth-order valence-electron chi connectivity index (χ4n) is 2.81. The topological polar surface area (TPSA) is 0 Å². The predicted octanol–water partition coefficient (Wildman–Crippen LogP) is 8.20. The van der Waals surface area contributed by atoms with Gasteiger partial charge in [0.05, 0.1) is 4.32 Å². The van der Waals surface area contributed by atoms with Gasteiger partial charge in [-0.1, -0.05) is 127 Å². The number of halogens is 1. The monoisotopic (exact) mass is 332 g/mol. The van der Waals surface area contributed by atoms with Gasteiger partial charge < -0.3 is 0 Å². The smallest absolute Gasteiger partial charge is 0.0765 e. The molecule has 0 saturated heterocycles. The molecule has 0 spiro atoms. The van der Waals surface area contributed by atoms with E-state index in [1.807, 2.05) is 0 Å². The molecule has 2 heteroatoms. The fraction of sp³-hybridized carbons (Fsp3) is 0.947. The first-order chi connectivity index (χ1) is 10.3. The molecule has 0 radical (unpaired) electrons. The summed E-state index contributed by atoms with van der Waals surface area (Å²) >= 11 is 10.5. The molecule has 0 aliphatic heterocycles. The van der Waals surface area contributed by atoms with Crippen LogP contribution < -0.4 is 0 Å². The van der Waals surface area contributed by atoms with Crippen molar-refractivity contribution in [3.63, 3.8) is 0 Å². The number of hydrogen-bond donors (Lipinski definition) is 0. The molecule has 0 aromatic rings. The van der Waals surface area contributed by atoms with Crippen molar-refractivity contribution in [3.05, 3.63) is 0 Å². The van der Waals surface area contributed by atoms with Crippen LogP contribution in [0.25, 0.3) is 0 Å². The number of thiocarbonyl (C=S) groups is 1. The van der Waals surface area contributed by atoms with E-state index in [1.54, 1.807) is 0 Å². The second kappa shape index (κ2) is 18.4. The first-order valence-corrected chi connectivity index (χ1v) is 10.2. The molecule has 0 amide bonds. The average molecular weight is 333 g/mol. The van der Waals surface area contributed by atoms with Gasteiger partial charge >= 0.3 is 0 Å². The van der Waals surface area contributed by atoms with E-state index in [0.29, 0.717) is 4.32 Å². The Morgan fingerprint density at radius 1 is 0.571 bits per heavy atom. The molecule has 0 aliphatic rings. The van der Waals surface area contributed by atoms with E-state index in [0.717, 1.165) is 6.42 Å². The normalized spacial score (nSPS) is 11.0.